The van der Waals surface area contributed by atoms with Crippen LogP contribution in [0.15, 0.2) is 34.9 Å². The second-order valence-corrected chi connectivity index (χ2v) is 4.64. The predicted octanol–water partition coefficient (Wildman–Crippen LogP) is 1.43. The van der Waals surface area contributed by atoms with Gasteiger partial charge in [0.25, 0.3) is 0 Å². The van der Waals surface area contributed by atoms with Crippen LogP contribution in [0.1, 0.15) is 15.9 Å². The van der Waals surface area contributed by atoms with Crippen molar-refractivity contribution in [3.63, 3.8) is 0 Å². The maximum Gasteiger partial charge on any atom is 0.218 e. The Morgan fingerprint density at radius 2 is 2.04 bits per heavy atom. The van der Waals surface area contributed by atoms with E-state index in [4.69, 9.17) is 9.52 Å². The molecule has 0 aliphatic carbocycles. The first-order chi connectivity index (χ1) is 11.1. The van der Waals surface area contributed by atoms with E-state index in [0.717, 1.165) is 12.1 Å². The van der Waals surface area contributed by atoms with Gasteiger partial charge in [-0.2, -0.15) is 0 Å². The second kappa shape index (κ2) is 6.05. The van der Waals surface area contributed by atoms with Gasteiger partial charge < -0.3 is 9.52 Å². The third kappa shape index (κ3) is 2.86. The zero-order valence-corrected chi connectivity index (χ0v) is 11.6. The summed E-state index contributed by atoms with van der Waals surface area (Å²) < 4.78 is 34.5. The number of halogens is 2. The second-order valence-electron chi connectivity index (χ2n) is 4.64. The van der Waals surface area contributed by atoms with Crippen molar-refractivity contribution >= 4 is 5.78 Å². The van der Waals surface area contributed by atoms with Crippen LogP contribution in [0, 0.1) is 11.6 Å². The first kappa shape index (κ1) is 15.0. The van der Waals surface area contributed by atoms with Gasteiger partial charge in [-0.25, -0.2) is 13.5 Å². The summed E-state index contributed by atoms with van der Waals surface area (Å²) in [5.41, 5.74) is -0.547. The van der Waals surface area contributed by atoms with E-state index in [1.807, 2.05) is 0 Å². The number of ketones is 1. The molecule has 2 heterocycles. The van der Waals surface area contributed by atoms with Crippen LogP contribution >= 0.6 is 0 Å². The maximum atomic E-state index is 14.1. The first-order valence-corrected chi connectivity index (χ1v) is 6.52. The Morgan fingerprint density at radius 1 is 1.30 bits per heavy atom. The van der Waals surface area contributed by atoms with Crippen LogP contribution in [0.5, 0.6) is 0 Å². The number of furan rings is 1. The molecule has 3 rings (SSSR count). The van der Waals surface area contributed by atoms with Gasteiger partial charge in [0.15, 0.2) is 11.5 Å². The van der Waals surface area contributed by atoms with Crippen molar-refractivity contribution in [2.24, 2.45) is 0 Å². The number of hydrogen-bond donors (Lipinski definition) is 1. The quantitative estimate of drug-likeness (QED) is 0.715. The Kier molecular flexibility index (Phi) is 3.94. The lowest BCUT2D eigenvalue weighted by molar-refractivity contribution is 0.0902. The van der Waals surface area contributed by atoms with Gasteiger partial charge in [-0.3, -0.25) is 4.79 Å². The fourth-order valence-electron chi connectivity index (χ4n) is 2.05. The summed E-state index contributed by atoms with van der Waals surface area (Å²) >= 11 is 0. The highest BCUT2D eigenvalue weighted by atomic mass is 19.1. The van der Waals surface area contributed by atoms with Gasteiger partial charge in [0.1, 0.15) is 18.2 Å². The lowest BCUT2D eigenvalue weighted by atomic mass is 10.1. The number of nitrogens with zero attached hydrogens (tertiary/aromatic N) is 4. The van der Waals surface area contributed by atoms with Gasteiger partial charge >= 0.3 is 0 Å². The molecule has 7 nitrogen and oxygen atoms in total. The van der Waals surface area contributed by atoms with Crippen molar-refractivity contribution in [3.05, 3.63) is 53.3 Å². The third-order valence-electron chi connectivity index (χ3n) is 3.19. The third-order valence-corrected chi connectivity index (χ3v) is 3.19. The van der Waals surface area contributed by atoms with E-state index in [2.05, 4.69) is 15.5 Å². The maximum absolute atomic E-state index is 14.1. The SMILES string of the molecule is O=C(CO)c1cc(F)c(Cn2nnnc2-c2ccco2)c(F)c1. The highest BCUT2D eigenvalue weighted by Gasteiger charge is 2.18. The smallest absolute Gasteiger partial charge is 0.218 e. The Hall–Kier alpha value is -2.94. The zero-order valence-electron chi connectivity index (χ0n) is 11.6. The van der Waals surface area contributed by atoms with Crippen molar-refractivity contribution in [2.45, 2.75) is 6.54 Å². The number of Topliss-reactive ketones (excluding diaryl/α,β-unsaturated/α-hetero) is 1. The molecular weight excluding hydrogens is 310 g/mol. The summed E-state index contributed by atoms with van der Waals surface area (Å²) in [6, 6.07) is 4.98. The van der Waals surface area contributed by atoms with Crippen LogP contribution < -0.4 is 0 Å². The molecule has 0 radical (unpaired) electrons. The number of hydrogen-bond acceptors (Lipinski definition) is 6. The van der Waals surface area contributed by atoms with E-state index in [1.165, 1.54) is 10.9 Å². The number of aliphatic hydroxyl groups is 1. The fourth-order valence-corrected chi connectivity index (χ4v) is 2.05. The molecule has 0 aliphatic heterocycles. The van der Waals surface area contributed by atoms with Crippen LogP contribution in [-0.4, -0.2) is 37.7 Å². The van der Waals surface area contributed by atoms with E-state index < -0.39 is 24.0 Å². The molecule has 1 N–H and O–H groups in total. The lowest BCUT2D eigenvalue weighted by Gasteiger charge is -2.08. The normalized spacial score (nSPS) is 10.9. The molecule has 0 amide bonds. The Labute approximate surface area is 128 Å². The van der Waals surface area contributed by atoms with Crippen molar-refractivity contribution < 1.29 is 23.1 Å². The van der Waals surface area contributed by atoms with E-state index in [9.17, 15) is 13.6 Å². The van der Waals surface area contributed by atoms with Crippen LogP contribution in [-0.2, 0) is 6.54 Å². The van der Waals surface area contributed by atoms with Crippen LogP contribution in [0.2, 0.25) is 0 Å². The summed E-state index contributed by atoms with van der Waals surface area (Å²) in [4.78, 5) is 11.3. The summed E-state index contributed by atoms with van der Waals surface area (Å²) in [5, 5.41) is 19.6. The van der Waals surface area contributed by atoms with Crippen LogP contribution in [0.3, 0.4) is 0 Å². The van der Waals surface area contributed by atoms with E-state index in [-0.39, 0.29) is 23.5 Å². The molecule has 3 aromatic rings. The number of aliphatic hydroxyl groups excluding tert-OH is 1. The van der Waals surface area contributed by atoms with E-state index in [1.54, 1.807) is 12.1 Å². The number of rotatable bonds is 5. The molecule has 118 valence electrons. The van der Waals surface area contributed by atoms with E-state index >= 15 is 0 Å². The Balaban J connectivity index is 1.96. The van der Waals surface area contributed by atoms with Gasteiger partial charge in [0.2, 0.25) is 5.82 Å². The number of carbonyl (C=O) groups is 1. The molecule has 0 bridgehead atoms. The van der Waals surface area contributed by atoms with Crippen LogP contribution in [0.4, 0.5) is 8.78 Å². The molecule has 2 aromatic heterocycles. The van der Waals surface area contributed by atoms with Crippen LogP contribution in [0.25, 0.3) is 11.6 Å². The topological polar surface area (TPSA) is 94.0 Å². The predicted molar refractivity (Wildman–Crippen MR) is 72.4 cm³/mol. The average molecular weight is 320 g/mol. The fraction of sp³-hybridized carbons (Fsp3) is 0.143. The number of aromatic nitrogens is 4. The molecular formula is C14H10F2N4O3. The van der Waals surface area contributed by atoms with E-state index in [0.29, 0.717) is 5.76 Å². The molecule has 1 aromatic carbocycles. The summed E-state index contributed by atoms with van der Waals surface area (Å²) in [6.45, 7) is -1.11. The minimum Gasteiger partial charge on any atom is -0.461 e. The first-order valence-electron chi connectivity index (χ1n) is 6.52. The average Bonchev–Trinajstić information content (AvgIpc) is 3.20. The van der Waals surface area contributed by atoms with Crippen molar-refractivity contribution in [1.82, 2.24) is 20.2 Å². The lowest BCUT2D eigenvalue weighted by Crippen LogP contribution is -2.11. The molecule has 0 saturated carbocycles. The highest BCUT2D eigenvalue weighted by molar-refractivity contribution is 5.97. The minimum atomic E-state index is -0.928. The molecule has 0 spiro atoms. The largest absolute Gasteiger partial charge is 0.461 e. The van der Waals surface area contributed by atoms with Gasteiger partial charge in [0, 0.05) is 11.1 Å². The number of carbonyl (C=O) groups excluding carboxylic acids is 1. The highest BCUT2D eigenvalue weighted by Crippen LogP contribution is 2.20. The van der Waals surface area contributed by atoms with Crippen molar-refractivity contribution in [3.8, 4) is 11.6 Å². The Morgan fingerprint density at radius 3 is 2.65 bits per heavy atom. The molecule has 0 saturated heterocycles. The molecule has 23 heavy (non-hydrogen) atoms. The van der Waals surface area contributed by atoms with Gasteiger partial charge in [-0.05, 0) is 34.7 Å². The number of benzene rings is 1. The molecule has 0 aliphatic rings. The summed E-state index contributed by atoms with van der Waals surface area (Å²) in [7, 11) is 0. The standard InChI is InChI=1S/C14H10F2N4O3/c15-10-4-8(12(22)7-21)5-11(16)9(10)6-20-14(17-18-19-20)13-2-1-3-23-13/h1-5,21H,6-7H2. The monoisotopic (exact) mass is 320 g/mol. The summed E-state index contributed by atoms with van der Waals surface area (Å²) in [5.74, 6) is -2.06. The molecule has 0 fully saturated rings. The summed E-state index contributed by atoms with van der Waals surface area (Å²) in [6.07, 6.45) is 1.42. The molecule has 0 atom stereocenters. The van der Waals surface area contributed by atoms with Gasteiger partial charge in [-0.1, -0.05) is 0 Å². The van der Waals surface area contributed by atoms with Crippen molar-refractivity contribution in [2.75, 3.05) is 6.61 Å². The number of tetrazole rings is 1. The zero-order chi connectivity index (χ0) is 16.4. The molecule has 9 heteroatoms. The minimum absolute atomic E-state index is 0.212. The van der Waals surface area contributed by atoms with Gasteiger partial charge in [0.05, 0.1) is 12.8 Å². The Bertz CT molecular complexity index is 823. The van der Waals surface area contributed by atoms with Crippen molar-refractivity contribution in [1.29, 1.82) is 0 Å². The molecule has 0 unspecified atom stereocenters. The van der Waals surface area contributed by atoms with Gasteiger partial charge in [-0.15, -0.1) is 5.10 Å².